The summed E-state index contributed by atoms with van der Waals surface area (Å²) < 4.78 is 6.63. The maximum atomic E-state index is 6.63. The van der Waals surface area contributed by atoms with Gasteiger partial charge in [0.15, 0.2) is 0 Å². The van der Waals surface area contributed by atoms with E-state index in [1.807, 2.05) is 0 Å². The smallest absolute Gasteiger partial charge is 0.137 e. The van der Waals surface area contributed by atoms with Crippen molar-refractivity contribution in [1.82, 2.24) is 0 Å². The highest BCUT2D eigenvalue weighted by molar-refractivity contribution is 6.25. The second kappa shape index (κ2) is 9.14. The number of nitrogens with zero attached hydrogens (tertiary/aromatic N) is 1. The highest BCUT2D eigenvalue weighted by Crippen LogP contribution is 2.46. The fraction of sp³-hybridized carbons (Fsp3) is 0. The van der Waals surface area contributed by atoms with Crippen LogP contribution in [0.3, 0.4) is 0 Å². The van der Waals surface area contributed by atoms with Crippen molar-refractivity contribution in [2.45, 2.75) is 0 Å². The van der Waals surface area contributed by atoms with Crippen LogP contribution in [0.15, 0.2) is 156 Å². The minimum absolute atomic E-state index is 0.879. The summed E-state index contributed by atoms with van der Waals surface area (Å²) in [5.74, 6) is 0. The van der Waals surface area contributed by atoms with Crippen LogP contribution in [0.5, 0.6) is 0 Å². The van der Waals surface area contributed by atoms with Gasteiger partial charge in [-0.3, -0.25) is 0 Å². The second-order valence-corrected chi connectivity index (χ2v) is 10.2. The molecular weight excluding hydrogens is 486 g/mol. The Bertz CT molecular complexity index is 2160. The van der Waals surface area contributed by atoms with Gasteiger partial charge in [-0.2, -0.15) is 0 Å². The Morgan fingerprint density at radius 2 is 1.12 bits per heavy atom. The Morgan fingerprint density at radius 1 is 0.425 bits per heavy atom. The summed E-state index contributed by atoms with van der Waals surface area (Å²) in [6, 6.07) is 53.6. The van der Waals surface area contributed by atoms with Crippen molar-refractivity contribution in [2.75, 3.05) is 4.90 Å². The van der Waals surface area contributed by atoms with Crippen LogP contribution in [-0.2, 0) is 0 Å². The molecule has 8 rings (SSSR count). The van der Waals surface area contributed by atoms with E-state index in [1.165, 1.54) is 32.7 Å². The molecule has 0 saturated carbocycles. The number of para-hydroxylation sites is 1. The Morgan fingerprint density at radius 3 is 1.95 bits per heavy atom. The quantitative estimate of drug-likeness (QED) is 0.234. The van der Waals surface area contributed by atoms with Gasteiger partial charge in [-0.25, -0.2) is 0 Å². The van der Waals surface area contributed by atoms with Crippen LogP contribution in [0.25, 0.3) is 54.6 Å². The molecule has 0 aliphatic heterocycles. The summed E-state index contributed by atoms with van der Waals surface area (Å²) in [6.45, 7) is 0. The lowest BCUT2D eigenvalue weighted by atomic mass is 9.94. The normalized spacial score (nSPS) is 11.5. The van der Waals surface area contributed by atoms with Crippen LogP contribution in [0.1, 0.15) is 0 Å². The van der Waals surface area contributed by atoms with Crippen LogP contribution < -0.4 is 4.90 Å². The number of fused-ring (bicyclic) bond motifs is 6. The maximum absolute atomic E-state index is 6.63. The van der Waals surface area contributed by atoms with Crippen LogP contribution >= 0.6 is 0 Å². The number of benzene rings is 7. The Balaban J connectivity index is 1.46. The van der Waals surface area contributed by atoms with E-state index in [1.54, 1.807) is 0 Å². The molecule has 2 nitrogen and oxygen atoms in total. The highest BCUT2D eigenvalue weighted by atomic mass is 16.3. The molecule has 8 aromatic rings. The Hall–Kier alpha value is -5.34. The Labute approximate surface area is 232 Å². The molecule has 2 heteroatoms. The fourth-order valence-electron chi connectivity index (χ4n) is 6.03. The largest absolute Gasteiger partial charge is 0.456 e. The molecule has 188 valence electrons. The lowest BCUT2D eigenvalue weighted by Gasteiger charge is -2.26. The first-order valence-electron chi connectivity index (χ1n) is 13.6. The number of hydrogen-bond donors (Lipinski definition) is 0. The number of anilines is 3. The topological polar surface area (TPSA) is 16.4 Å². The first-order chi connectivity index (χ1) is 19.8. The Kier molecular flexibility index (Phi) is 5.17. The van der Waals surface area contributed by atoms with Crippen LogP contribution in [-0.4, -0.2) is 0 Å². The van der Waals surface area contributed by atoms with Gasteiger partial charge in [0.2, 0.25) is 0 Å². The molecule has 0 spiro atoms. The van der Waals surface area contributed by atoms with Gasteiger partial charge in [-0.05, 0) is 75.1 Å². The third kappa shape index (κ3) is 3.58. The standard InChI is InChI=1S/C38H25NO/c1-3-13-27(14-4-1)33-25-36-37(32-19-10-9-18-31(32)33)38-34(20-11-21-35(38)40-36)39(29-16-5-2-6-17-29)30-23-22-26-12-7-8-15-28(26)24-30/h1-25H. The van der Waals surface area contributed by atoms with E-state index in [-0.39, 0.29) is 0 Å². The average molecular weight is 512 g/mol. The first-order valence-corrected chi connectivity index (χ1v) is 13.6. The van der Waals surface area contributed by atoms with Crippen LogP contribution in [0.2, 0.25) is 0 Å². The zero-order chi connectivity index (χ0) is 26.5. The number of hydrogen-bond acceptors (Lipinski definition) is 2. The van der Waals surface area contributed by atoms with Crippen molar-refractivity contribution in [3.05, 3.63) is 152 Å². The van der Waals surface area contributed by atoms with E-state index in [0.29, 0.717) is 0 Å². The van der Waals surface area contributed by atoms with Gasteiger partial charge in [0.05, 0.1) is 11.1 Å². The van der Waals surface area contributed by atoms with Gasteiger partial charge in [0.1, 0.15) is 11.2 Å². The molecule has 0 saturated heterocycles. The highest BCUT2D eigenvalue weighted by Gasteiger charge is 2.22. The van der Waals surface area contributed by atoms with E-state index in [2.05, 4.69) is 157 Å². The molecule has 7 aromatic carbocycles. The zero-order valence-electron chi connectivity index (χ0n) is 21.8. The van der Waals surface area contributed by atoms with Gasteiger partial charge < -0.3 is 9.32 Å². The van der Waals surface area contributed by atoms with E-state index in [0.717, 1.165) is 39.0 Å². The molecule has 40 heavy (non-hydrogen) atoms. The van der Waals surface area contributed by atoms with Gasteiger partial charge in [0, 0.05) is 16.8 Å². The third-order valence-corrected chi connectivity index (χ3v) is 7.81. The van der Waals surface area contributed by atoms with E-state index >= 15 is 0 Å². The van der Waals surface area contributed by atoms with Gasteiger partial charge in [0.25, 0.3) is 0 Å². The molecule has 0 radical (unpaired) electrons. The van der Waals surface area contributed by atoms with E-state index in [4.69, 9.17) is 4.42 Å². The molecule has 0 N–H and O–H groups in total. The second-order valence-electron chi connectivity index (χ2n) is 10.2. The van der Waals surface area contributed by atoms with Crippen molar-refractivity contribution >= 4 is 60.5 Å². The van der Waals surface area contributed by atoms with Crippen molar-refractivity contribution in [3.8, 4) is 11.1 Å². The lowest BCUT2D eigenvalue weighted by molar-refractivity contribution is 0.669. The minimum Gasteiger partial charge on any atom is -0.456 e. The molecule has 1 aromatic heterocycles. The van der Waals surface area contributed by atoms with Gasteiger partial charge in [-0.1, -0.05) is 109 Å². The molecule has 0 atom stereocenters. The van der Waals surface area contributed by atoms with Crippen molar-refractivity contribution in [2.24, 2.45) is 0 Å². The summed E-state index contributed by atoms with van der Waals surface area (Å²) >= 11 is 0. The molecule has 1 heterocycles. The van der Waals surface area contributed by atoms with Gasteiger partial charge in [-0.15, -0.1) is 0 Å². The molecule has 0 aliphatic rings. The monoisotopic (exact) mass is 511 g/mol. The summed E-state index contributed by atoms with van der Waals surface area (Å²) in [6.07, 6.45) is 0. The SMILES string of the molecule is c1ccc(-c2cc3oc4cccc(N(c5ccccc5)c5ccc6ccccc6c5)c4c3c3ccccc23)cc1. The minimum atomic E-state index is 0.879. The van der Waals surface area contributed by atoms with E-state index in [9.17, 15) is 0 Å². The average Bonchev–Trinajstić information content (AvgIpc) is 3.41. The van der Waals surface area contributed by atoms with Gasteiger partial charge >= 0.3 is 0 Å². The zero-order valence-corrected chi connectivity index (χ0v) is 21.8. The van der Waals surface area contributed by atoms with Crippen molar-refractivity contribution in [1.29, 1.82) is 0 Å². The van der Waals surface area contributed by atoms with Crippen LogP contribution in [0.4, 0.5) is 17.1 Å². The predicted molar refractivity (Wildman–Crippen MR) is 169 cm³/mol. The third-order valence-electron chi connectivity index (χ3n) is 7.81. The molecule has 0 unspecified atom stereocenters. The van der Waals surface area contributed by atoms with Crippen LogP contribution in [0, 0.1) is 0 Å². The number of furan rings is 1. The molecule has 0 bridgehead atoms. The maximum Gasteiger partial charge on any atom is 0.137 e. The summed E-state index contributed by atoms with van der Waals surface area (Å²) in [7, 11) is 0. The predicted octanol–water partition coefficient (Wildman–Crippen LogP) is 11.0. The van der Waals surface area contributed by atoms with E-state index < -0.39 is 0 Å². The molecule has 0 fully saturated rings. The number of rotatable bonds is 4. The summed E-state index contributed by atoms with van der Waals surface area (Å²) in [5.41, 5.74) is 7.44. The molecule has 0 aliphatic carbocycles. The fourth-order valence-corrected chi connectivity index (χ4v) is 6.03. The lowest BCUT2D eigenvalue weighted by Crippen LogP contribution is -2.10. The van der Waals surface area contributed by atoms with Crippen molar-refractivity contribution < 1.29 is 4.42 Å². The molecule has 0 amide bonds. The summed E-state index contributed by atoms with van der Waals surface area (Å²) in [5, 5.41) is 7.11. The summed E-state index contributed by atoms with van der Waals surface area (Å²) in [4.78, 5) is 2.35. The van der Waals surface area contributed by atoms with Crippen molar-refractivity contribution in [3.63, 3.8) is 0 Å². The molecular formula is C38H25NO. The first kappa shape index (κ1) is 22.6.